The quantitative estimate of drug-likeness (QED) is 0.184. The molecule has 0 saturated heterocycles. The fourth-order valence-electron chi connectivity index (χ4n) is 6.95. The minimum absolute atomic E-state index is 0.587. The molecule has 0 N–H and O–H groups in total. The fraction of sp³-hybridized carbons (Fsp3) is 0. The van der Waals surface area contributed by atoms with E-state index in [4.69, 9.17) is 24.1 Å². The van der Waals surface area contributed by atoms with Gasteiger partial charge in [-0.05, 0) is 107 Å². The van der Waals surface area contributed by atoms with Gasteiger partial charge in [-0.3, -0.25) is 0 Å². The van der Waals surface area contributed by atoms with E-state index in [0.717, 1.165) is 83.1 Å². The number of nitriles is 1. The predicted octanol–water partition coefficient (Wildman–Crippen LogP) is 11.6. The molecule has 0 saturated carbocycles. The van der Waals surface area contributed by atoms with Gasteiger partial charge in [-0.2, -0.15) is 5.26 Å². The van der Waals surface area contributed by atoms with Crippen LogP contribution in [-0.2, 0) is 0 Å². The Morgan fingerprint density at radius 1 is 0.451 bits per heavy atom. The van der Waals surface area contributed by atoms with Gasteiger partial charge in [-0.25, -0.2) is 9.97 Å². The SMILES string of the molecule is N#Cc1ccc(-c2ccc(-c3ccc(-n4c5ccc(-c6nc7ccccc7o6)cc5c5cc(-c6nc7ccccc7o6)ccc54)cc3)cc2)cc1. The molecule has 3 aromatic heterocycles. The lowest BCUT2D eigenvalue weighted by atomic mass is 9.99. The molecule has 0 atom stereocenters. The van der Waals surface area contributed by atoms with E-state index in [2.05, 4.69) is 95.6 Å². The van der Waals surface area contributed by atoms with Crippen molar-refractivity contribution >= 4 is 44.0 Å². The molecule has 51 heavy (non-hydrogen) atoms. The van der Waals surface area contributed by atoms with Crippen LogP contribution in [0.25, 0.3) is 94.9 Å². The summed E-state index contributed by atoms with van der Waals surface area (Å²) in [5.74, 6) is 1.17. The zero-order chi connectivity index (χ0) is 33.9. The third kappa shape index (κ3) is 4.87. The Hall–Kier alpha value is -7.23. The number of rotatable bonds is 5. The van der Waals surface area contributed by atoms with Gasteiger partial charge in [0.1, 0.15) is 11.0 Å². The lowest BCUT2D eigenvalue weighted by molar-refractivity contribution is 0.619. The third-order valence-electron chi connectivity index (χ3n) is 9.54. The fourth-order valence-corrected chi connectivity index (χ4v) is 6.95. The van der Waals surface area contributed by atoms with Gasteiger partial charge in [0.2, 0.25) is 11.8 Å². The number of oxazole rings is 2. The second kappa shape index (κ2) is 11.4. The van der Waals surface area contributed by atoms with Crippen LogP contribution in [0.4, 0.5) is 0 Å². The van der Waals surface area contributed by atoms with Crippen LogP contribution in [0.1, 0.15) is 5.56 Å². The minimum atomic E-state index is 0.587. The van der Waals surface area contributed by atoms with Crippen molar-refractivity contribution in [2.45, 2.75) is 0 Å². The first-order valence-corrected chi connectivity index (χ1v) is 16.7. The zero-order valence-corrected chi connectivity index (χ0v) is 27.1. The molecule has 3 heterocycles. The van der Waals surface area contributed by atoms with E-state index in [9.17, 15) is 0 Å². The summed E-state index contributed by atoms with van der Waals surface area (Å²) >= 11 is 0. The van der Waals surface area contributed by atoms with Crippen molar-refractivity contribution in [3.8, 4) is 56.9 Å². The normalized spacial score (nSPS) is 11.5. The maximum atomic E-state index is 9.14. The number of nitrogens with zero attached hydrogens (tertiary/aromatic N) is 4. The van der Waals surface area contributed by atoms with Gasteiger partial charge < -0.3 is 13.4 Å². The molecule has 6 heteroatoms. The van der Waals surface area contributed by atoms with Gasteiger partial charge in [-0.15, -0.1) is 0 Å². The average Bonchev–Trinajstić information content (AvgIpc) is 3.92. The number of fused-ring (bicyclic) bond motifs is 5. The van der Waals surface area contributed by atoms with E-state index in [0.29, 0.717) is 17.3 Å². The highest BCUT2D eigenvalue weighted by Gasteiger charge is 2.18. The number of hydrogen-bond acceptors (Lipinski definition) is 5. The lowest BCUT2D eigenvalue weighted by Crippen LogP contribution is -1.94. The standard InChI is InChI=1S/C45H26N4O2/c46-27-28-9-11-29(12-10-28)30-13-15-31(16-14-30)32-17-21-35(22-18-32)49-40-23-19-33(44-47-38-5-1-3-7-42(38)50-44)25-36(40)37-26-34(20-24-41(37)49)45-48-39-6-2-4-8-43(39)51-45/h1-26H. The van der Waals surface area contributed by atoms with Gasteiger partial charge in [0.15, 0.2) is 11.2 Å². The highest BCUT2D eigenvalue weighted by Crippen LogP contribution is 2.38. The third-order valence-corrected chi connectivity index (χ3v) is 9.54. The molecule has 7 aromatic carbocycles. The lowest BCUT2D eigenvalue weighted by Gasteiger charge is -2.10. The summed E-state index contributed by atoms with van der Waals surface area (Å²) in [6, 6.07) is 55.5. The molecule has 0 spiro atoms. The van der Waals surface area contributed by atoms with Crippen molar-refractivity contribution < 1.29 is 8.83 Å². The minimum Gasteiger partial charge on any atom is -0.436 e. The first-order valence-electron chi connectivity index (χ1n) is 16.7. The Morgan fingerprint density at radius 2 is 0.863 bits per heavy atom. The summed E-state index contributed by atoms with van der Waals surface area (Å²) in [4.78, 5) is 9.56. The molecule has 0 amide bonds. The molecule has 0 unspecified atom stereocenters. The molecule has 0 aliphatic heterocycles. The van der Waals surface area contributed by atoms with E-state index < -0.39 is 0 Å². The van der Waals surface area contributed by atoms with Gasteiger partial charge in [0.05, 0.1) is 22.7 Å². The molecule has 0 fully saturated rings. The topological polar surface area (TPSA) is 80.8 Å². The Kier molecular flexibility index (Phi) is 6.45. The van der Waals surface area contributed by atoms with Crippen LogP contribution in [0.15, 0.2) is 167 Å². The Labute approximate surface area is 292 Å². The van der Waals surface area contributed by atoms with Crippen LogP contribution in [0.2, 0.25) is 0 Å². The van der Waals surface area contributed by atoms with Crippen LogP contribution in [-0.4, -0.2) is 14.5 Å². The van der Waals surface area contributed by atoms with E-state index in [1.54, 1.807) is 0 Å². The van der Waals surface area contributed by atoms with E-state index in [1.807, 2.05) is 72.8 Å². The summed E-state index contributed by atoms with van der Waals surface area (Å²) < 4.78 is 14.7. The van der Waals surface area contributed by atoms with Crippen LogP contribution in [0.5, 0.6) is 0 Å². The summed E-state index contributed by atoms with van der Waals surface area (Å²) in [5, 5.41) is 11.3. The van der Waals surface area contributed by atoms with Crippen molar-refractivity contribution in [2.24, 2.45) is 0 Å². The summed E-state index contributed by atoms with van der Waals surface area (Å²) in [7, 11) is 0. The van der Waals surface area contributed by atoms with Gasteiger partial charge >= 0.3 is 0 Å². The first-order chi connectivity index (χ1) is 25.2. The Balaban J connectivity index is 1.07. The zero-order valence-electron chi connectivity index (χ0n) is 27.1. The predicted molar refractivity (Wildman–Crippen MR) is 202 cm³/mol. The number of para-hydroxylation sites is 4. The number of hydrogen-bond donors (Lipinski definition) is 0. The molecule has 0 radical (unpaired) electrons. The summed E-state index contributed by atoms with van der Waals surface area (Å²) in [5.41, 5.74) is 13.3. The van der Waals surface area contributed by atoms with Crippen molar-refractivity contribution in [2.75, 3.05) is 0 Å². The maximum Gasteiger partial charge on any atom is 0.227 e. The smallest absolute Gasteiger partial charge is 0.227 e. The van der Waals surface area contributed by atoms with E-state index in [1.165, 1.54) is 0 Å². The van der Waals surface area contributed by atoms with Crippen molar-refractivity contribution in [3.63, 3.8) is 0 Å². The molecular weight excluding hydrogens is 629 g/mol. The highest BCUT2D eigenvalue weighted by molar-refractivity contribution is 6.11. The molecule has 238 valence electrons. The molecule has 0 aliphatic rings. The molecular formula is C45H26N4O2. The summed E-state index contributed by atoms with van der Waals surface area (Å²) in [6.45, 7) is 0. The molecule has 0 bridgehead atoms. The van der Waals surface area contributed by atoms with Crippen molar-refractivity contribution in [3.05, 3.63) is 163 Å². The Morgan fingerprint density at radius 3 is 1.31 bits per heavy atom. The summed E-state index contributed by atoms with van der Waals surface area (Å²) in [6.07, 6.45) is 0. The molecule has 10 aromatic rings. The maximum absolute atomic E-state index is 9.14. The van der Waals surface area contributed by atoms with Gasteiger partial charge in [-0.1, -0.05) is 72.8 Å². The van der Waals surface area contributed by atoms with Crippen molar-refractivity contribution in [1.82, 2.24) is 14.5 Å². The first kappa shape index (κ1) is 28.8. The van der Waals surface area contributed by atoms with Gasteiger partial charge in [0, 0.05) is 27.6 Å². The van der Waals surface area contributed by atoms with Crippen LogP contribution < -0.4 is 0 Å². The second-order valence-electron chi connectivity index (χ2n) is 12.6. The molecule has 6 nitrogen and oxygen atoms in total. The van der Waals surface area contributed by atoms with Crippen LogP contribution >= 0.6 is 0 Å². The largest absolute Gasteiger partial charge is 0.436 e. The van der Waals surface area contributed by atoms with E-state index in [-0.39, 0.29) is 0 Å². The van der Waals surface area contributed by atoms with Crippen LogP contribution in [0, 0.1) is 11.3 Å². The highest BCUT2D eigenvalue weighted by atomic mass is 16.4. The molecule has 0 aliphatic carbocycles. The average molecular weight is 655 g/mol. The monoisotopic (exact) mass is 654 g/mol. The van der Waals surface area contributed by atoms with Crippen molar-refractivity contribution in [1.29, 1.82) is 5.26 Å². The number of aromatic nitrogens is 3. The number of benzene rings is 7. The van der Waals surface area contributed by atoms with Crippen LogP contribution in [0.3, 0.4) is 0 Å². The van der Waals surface area contributed by atoms with E-state index >= 15 is 0 Å². The Bertz CT molecular complexity index is 2760. The second-order valence-corrected chi connectivity index (χ2v) is 12.6. The van der Waals surface area contributed by atoms with Gasteiger partial charge in [0.25, 0.3) is 0 Å². The molecule has 10 rings (SSSR count).